The molecule has 0 aliphatic heterocycles. The summed E-state index contributed by atoms with van der Waals surface area (Å²) in [5, 5.41) is 12.7. The van der Waals surface area contributed by atoms with E-state index in [4.69, 9.17) is 17.3 Å². The summed E-state index contributed by atoms with van der Waals surface area (Å²) in [5.41, 5.74) is 13.6. The molecule has 1 aliphatic rings. The van der Waals surface area contributed by atoms with Crippen LogP contribution in [0.15, 0.2) is 34.4 Å². The zero-order valence-electron chi connectivity index (χ0n) is 13.1. The smallest absolute Gasteiger partial charge is 0.209 e. The lowest BCUT2D eigenvalue weighted by atomic mass is 9.81. The molecule has 1 heterocycles. The van der Waals surface area contributed by atoms with Crippen molar-refractivity contribution >= 4 is 23.3 Å². The zero-order chi connectivity index (χ0) is 16.4. The van der Waals surface area contributed by atoms with Gasteiger partial charge in [0.2, 0.25) is 5.96 Å². The lowest BCUT2D eigenvalue weighted by Crippen LogP contribution is -2.30. The number of guanidine groups is 1. The van der Waals surface area contributed by atoms with Crippen molar-refractivity contribution in [1.29, 1.82) is 0 Å². The Balaban J connectivity index is 1.99. The monoisotopic (exact) mass is 330 g/mol. The molecule has 6 nitrogen and oxygen atoms in total. The number of fused-ring (bicyclic) bond motifs is 1. The molecule has 0 fully saturated rings. The van der Waals surface area contributed by atoms with Crippen molar-refractivity contribution < 1.29 is 0 Å². The van der Waals surface area contributed by atoms with E-state index in [0.717, 1.165) is 46.1 Å². The number of H-pyrrole nitrogens is 1. The van der Waals surface area contributed by atoms with Gasteiger partial charge in [-0.05, 0) is 37.3 Å². The van der Waals surface area contributed by atoms with E-state index >= 15 is 0 Å². The average molecular weight is 331 g/mol. The average Bonchev–Trinajstić information content (AvgIpc) is 2.94. The molecule has 120 valence electrons. The molecule has 1 unspecified atom stereocenters. The van der Waals surface area contributed by atoms with Crippen molar-refractivity contribution in [3.8, 4) is 0 Å². The Hall–Kier alpha value is -2.34. The van der Waals surface area contributed by atoms with E-state index in [1.807, 2.05) is 25.1 Å². The maximum atomic E-state index is 6.36. The summed E-state index contributed by atoms with van der Waals surface area (Å²) < 4.78 is 0. The minimum absolute atomic E-state index is 0.235. The van der Waals surface area contributed by atoms with Gasteiger partial charge in [-0.3, -0.25) is 10.1 Å². The first kappa shape index (κ1) is 15.6. The van der Waals surface area contributed by atoms with Gasteiger partial charge < -0.3 is 5.73 Å². The molecular formula is C16H19ClN6. The van der Waals surface area contributed by atoms with Gasteiger partial charge in [-0.15, -0.1) is 0 Å². The lowest BCUT2D eigenvalue weighted by molar-refractivity contribution is 0.677. The summed E-state index contributed by atoms with van der Waals surface area (Å²) in [4.78, 5) is 3.86. The first-order chi connectivity index (χ1) is 11.1. The molecule has 4 N–H and O–H groups in total. The van der Waals surface area contributed by atoms with Gasteiger partial charge in [-0.2, -0.15) is 10.2 Å². The number of aliphatic imine (C=N–C) groups is 1. The number of aromatic nitrogens is 2. The largest absolute Gasteiger partial charge is 0.369 e. The molecule has 0 spiro atoms. The fourth-order valence-corrected chi connectivity index (χ4v) is 3.24. The highest BCUT2D eigenvalue weighted by Crippen LogP contribution is 2.36. The number of aromatic amines is 1. The van der Waals surface area contributed by atoms with E-state index in [2.05, 4.69) is 31.8 Å². The third-order valence-corrected chi connectivity index (χ3v) is 4.43. The Labute approximate surface area is 139 Å². The van der Waals surface area contributed by atoms with E-state index in [9.17, 15) is 0 Å². The molecule has 1 aliphatic carbocycles. The van der Waals surface area contributed by atoms with Crippen molar-refractivity contribution in [1.82, 2.24) is 15.6 Å². The molecule has 1 atom stereocenters. The van der Waals surface area contributed by atoms with Gasteiger partial charge in [0.1, 0.15) is 0 Å². The Morgan fingerprint density at radius 1 is 1.39 bits per heavy atom. The highest BCUT2D eigenvalue weighted by Gasteiger charge is 2.29. The number of halogens is 1. The predicted molar refractivity (Wildman–Crippen MR) is 93.1 cm³/mol. The van der Waals surface area contributed by atoms with Crippen LogP contribution in [0.5, 0.6) is 0 Å². The van der Waals surface area contributed by atoms with Crippen LogP contribution in [0.25, 0.3) is 0 Å². The van der Waals surface area contributed by atoms with Crippen molar-refractivity contribution in [2.45, 2.75) is 25.7 Å². The molecule has 23 heavy (non-hydrogen) atoms. The Morgan fingerprint density at radius 3 is 2.91 bits per heavy atom. The number of rotatable bonds is 2. The second kappa shape index (κ2) is 6.42. The summed E-state index contributed by atoms with van der Waals surface area (Å²) >= 11 is 6.36. The maximum Gasteiger partial charge on any atom is 0.209 e. The number of hydrogen-bond acceptors (Lipinski definition) is 3. The predicted octanol–water partition coefficient (Wildman–Crippen LogP) is 2.34. The molecule has 0 saturated heterocycles. The minimum Gasteiger partial charge on any atom is -0.369 e. The van der Waals surface area contributed by atoms with Gasteiger partial charge in [-0.25, -0.2) is 5.43 Å². The van der Waals surface area contributed by atoms with Crippen molar-refractivity contribution in [2.75, 3.05) is 7.05 Å². The summed E-state index contributed by atoms with van der Waals surface area (Å²) in [7, 11) is 1.62. The van der Waals surface area contributed by atoms with Crippen LogP contribution in [0.3, 0.4) is 0 Å². The fraction of sp³-hybridized carbons (Fsp3) is 0.312. The van der Waals surface area contributed by atoms with Crippen LogP contribution >= 0.6 is 11.6 Å². The fourth-order valence-electron chi connectivity index (χ4n) is 2.95. The van der Waals surface area contributed by atoms with E-state index in [-0.39, 0.29) is 11.9 Å². The Morgan fingerprint density at radius 2 is 2.17 bits per heavy atom. The van der Waals surface area contributed by atoms with Crippen LogP contribution in [0, 0.1) is 6.92 Å². The third kappa shape index (κ3) is 3.07. The molecule has 7 heteroatoms. The summed E-state index contributed by atoms with van der Waals surface area (Å²) in [5.74, 6) is 0.513. The zero-order valence-corrected chi connectivity index (χ0v) is 13.9. The number of hydrogen-bond donors (Lipinski definition) is 3. The summed E-state index contributed by atoms with van der Waals surface area (Å²) in [6.45, 7) is 1.99. The second-order valence-electron chi connectivity index (χ2n) is 5.58. The molecule has 1 aromatic heterocycles. The molecule has 0 radical (unpaired) electrons. The van der Waals surface area contributed by atoms with Gasteiger partial charge in [0.15, 0.2) is 0 Å². The third-order valence-electron chi connectivity index (χ3n) is 4.08. The first-order valence-electron chi connectivity index (χ1n) is 7.43. The van der Waals surface area contributed by atoms with Gasteiger partial charge in [-0.1, -0.05) is 29.8 Å². The number of nitrogens with zero attached hydrogens (tertiary/aromatic N) is 3. The summed E-state index contributed by atoms with van der Waals surface area (Å²) in [6.07, 6.45) is 1.60. The summed E-state index contributed by atoms with van der Waals surface area (Å²) in [6, 6.07) is 7.92. The van der Waals surface area contributed by atoms with E-state index in [1.54, 1.807) is 7.05 Å². The molecule has 1 aromatic carbocycles. The highest BCUT2D eigenvalue weighted by molar-refractivity contribution is 6.31. The normalized spacial score (nSPS) is 19.7. The topological polar surface area (TPSA) is 91.4 Å². The number of benzene rings is 1. The van der Waals surface area contributed by atoms with Crippen LogP contribution < -0.4 is 11.2 Å². The molecule has 2 aromatic rings. The lowest BCUT2D eigenvalue weighted by Gasteiger charge is -2.24. The quantitative estimate of drug-likeness (QED) is 0.448. The van der Waals surface area contributed by atoms with Crippen LogP contribution in [0.4, 0.5) is 0 Å². The molecule has 0 amide bonds. The molecule has 0 bridgehead atoms. The Kier molecular flexibility index (Phi) is 4.34. The van der Waals surface area contributed by atoms with Crippen molar-refractivity contribution in [2.24, 2.45) is 15.8 Å². The van der Waals surface area contributed by atoms with Crippen LogP contribution in [-0.2, 0) is 6.42 Å². The number of nitrogens with one attached hydrogen (secondary N) is 2. The number of aryl methyl sites for hydroxylation is 1. The molecular weight excluding hydrogens is 312 g/mol. The van der Waals surface area contributed by atoms with Crippen LogP contribution in [-0.4, -0.2) is 28.9 Å². The SMILES string of the molecule is CN=C(N)N/N=C1/CC(c2ccccc2Cl)Cc2n[nH]c(C)c21. The second-order valence-corrected chi connectivity index (χ2v) is 5.98. The van der Waals surface area contributed by atoms with E-state index in [0.29, 0.717) is 0 Å². The Bertz CT molecular complexity index is 777. The standard InChI is InChI=1S/C16H19ClN6/c1-9-15-13(21-20-9)7-10(11-5-3-4-6-12(11)17)8-14(15)22-23-16(18)19-2/h3-6,10H,7-8H2,1-2H3,(H,20,21)(H3,18,19,23)/b22-14-. The minimum atomic E-state index is 0.235. The maximum absolute atomic E-state index is 6.36. The van der Waals surface area contributed by atoms with Crippen LogP contribution in [0.2, 0.25) is 5.02 Å². The van der Waals surface area contributed by atoms with Crippen LogP contribution in [0.1, 0.15) is 34.9 Å². The van der Waals surface area contributed by atoms with E-state index in [1.165, 1.54) is 0 Å². The van der Waals surface area contributed by atoms with Crippen molar-refractivity contribution in [3.63, 3.8) is 0 Å². The molecule has 3 rings (SSSR count). The van der Waals surface area contributed by atoms with E-state index < -0.39 is 0 Å². The number of nitrogens with two attached hydrogens (primary N) is 1. The molecule has 0 saturated carbocycles. The van der Waals surface area contributed by atoms with Crippen molar-refractivity contribution in [3.05, 3.63) is 51.8 Å². The van der Waals surface area contributed by atoms with Gasteiger partial charge >= 0.3 is 0 Å². The number of hydrazone groups is 1. The first-order valence-corrected chi connectivity index (χ1v) is 7.81. The van der Waals surface area contributed by atoms with Gasteiger partial charge in [0.05, 0.1) is 11.4 Å². The van der Waals surface area contributed by atoms with Gasteiger partial charge in [0.25, 0.3) is 0 Å². The van der Waals surface area contributed by atoms with Gasteiger partial charge in [0, 0.05) is 23.3 Å². The highest BCUT2D eigenvalue weighted by atomic mass is 35.5.